The van der Waals surface area contributed by atoms with Gasteiger partial charge in [0.25, 0.3) is 15.9 Å². The number of methoxy groups -OCH3 is 1. The van der Waals surface area contributed by atoms with Crippen molar-refractivity contribution in [1.82, 2.24) is 5.32 Å². The van der Waals surface area contributed by atoms with Crippen LogP contribution >= 0.6 is 0 Å². The predicted molar refractivity (Wildman–Crippen MR) is 146 cm³/mol. The van der Waals surface area contributed by atoms with Crippen molar-refractivity contribution in [1.29, 1.82) is 0 Å². The zero-order valence-corrected chi connectivity index (χ0v) is 23.1. The second-order valence-electron chi connectivity index (χ2n) is 9.63. The van der Waals surface area contributed by atoms with Crippen molar-refractivity contribution in [2.45, 2.75) is 65.3 Å². The Morgan fingerprint density at radius 2 is 1.56 bits per heavy atom. The van der Waals surface area contributed by atoms with Crippen LogP contribution < -0.4 is 14.8 Å². The van der Waals surface area contributed by atoms with Gasteiger partial charge in [0.15, 0.2) is 0 Å². The summed E-state index contributed by atoms with van der Waals surface area (Å²) in [5.74, 6) is 0.748. The molecule has 0 aliphatic carbocycles. The molecule has 0 radical (unpaired) electrons. The molecule has 0 heterocycles. The maximum absolute atomic E-state index is 13.3. The molecule has 0 saturated heterocycles. The summed E-state index contributed by atoms with van der Waals surface area (Å²) < 4.78 is 34.7. The maximum atomic E-state index is 13.3. The quantitative estimate of drug-likeness (QED) is 0.372. The molecule has 36 heavy (non-hydrogen) atoms. The summed E-state index contributed by atoms with van der Waals surface area (Å²) in [6.45, 7) is 13.6. The van der Waals surface area contributed by atoms with Crippen LogP contribution in [-0.4, -0.2) is 21.4 Å². The molecular weight excluding hydrogens is 472 g/mol. The van der Waals surface area contributed by atoms with E-state index in [0.29, 0.717) is 11.3 Å². The number of anilines is 1. The standard InChI is InChI=1S/C29H36N2O4S/c1-17(2)24-16-25(20(5)14-27(24)35-8)22(7)30-29(32)23-13-12-19(4)28(15-23)36(33,34)31-26-11-9-10-18(3)21(26)6/h9-17,22,31H,1-8H3,(H,30,32)/t22-/m1/s1. The Balaban J connectivity index is 1.89. The van der Waals surface area contributed by atoms with Crippen LogP contribution in [0.1, 0.15) is 76.5 Å². The lowest BCUT2D eigenvalue weighted by Gasteiger charge is -2.21. The largest absolute Gasteiger partial charge is 0.496 e. The molecule has 7 heteroatoms. The first kappa shape index (κ1) is 27.3. The normalized spacial score (nSPS) is 12.4. The molecule has 3 rings (SSSR count). The summed E-state index contributed by atoms with van der Waals surface area (Å²) in [7, 11) is -2.24. The zero-order valence-electron chi connectivity index (χ0n) is 22.3. The Morgan fingerprint density at radius 3 is 2.19 bits per heavy atom. The minimum Gasteiger partial charge on any atom is -0.496 e. The highest BCUT2D eigenvalue weighted by molar-refractivity contribution is 7.92. The van der Waals surface area contributed by atoms with E-state index in [1.54, 1.807) is 32.2 Å². The van der Waals surface area contributed by atoms with Gasteiger partial charge in [-0.3, -0.25) is 9.52 Å². The molecule has 3 aromatic carbocycles. The van der Waals surface area contributed by atoms with Gasteiger partial charge in [0, 0.05) is 5.56 Å². The molecule has 0 aliphatic rings. The number of benzene rings is 3. The smallest absolute Gasteiger partial charge is 0.262 e. The lowest BCUT2D eigenvalue weighted by Crippen LogP contribution is -2.27. The first-order chi connectivity index (χ1) is 16.9. The lowest BCUT2D eigenvalue weighted by molar-refractivity contribution is 0.0939. The molecule has 0 unspecified atom stereocenters. The SMILES string of the molecule is COc1cc(C)c([C@@H](C)NC(=O)c2ccc(C)c(S(=O)(=O)Nc3cccc(C)c3C)c2)cc1C(C)C. The summed E-state index contributed by atoms with van der Waals surface area (Å²) in [6, 6.07) is 14.0. The molecule has 2 N–H and O–H groups in total. The Hall–Kier alpha value is -3.32. The molecule has 1 atom stereocenters. The molecule has 0 fully saturated rings. The third-order valence-electron chi connectivity index (χ3n) is 6.64. The van der Waals surface area contributed by atoms with Crippen molar-refractivity contribution >= 4 is 21.6 Å². The lowest BCUT2D eigenvalue weighted by atomic mass is 9.93. The van der Waals surface area contributed by atoms with E-state index in [1.807, 2.05) is 45.9 Å². The fourth-order valence-corrected chi connectivity index (χ4v) is 5.65. The van der Waals surface area contributed by atoms with Crippen molar-refractivity contribution in [3.63, 3.8) is 0 Å². The topological polar surface area (TPSA) is 84.5 Å². The molecule has 6 nitrogen and oxygen atoms in total. The van der Waals surface area contributed by atoms with Gasteiger partial charge >= 0.3 is 0 Å². The van der Waals surface area contributed by atoms with Crippen molar-refractivity contribution in [2.24, 2.45) is 0 Å². The van der Waals surface area contributed by atoms with Crippen molar-refractivity contribution in [3.8, 4) is 5.75 Å². The van der Waals surface area contributed by atoms with Gasteiger partial charge in [-0.15, -0.1) is 0 Å². The molecule has 192 valence electrons. The van der Waals surface area contributed by atoms with E-state index in [4.69, 9.17) is 4.74 Å². The number of aryl methyl sites for hydroxylation is 3. The molecular formula is C29H36N2O4S. The van der Waals surface area contributed by atoms with Gasteiger partial charge in [-0.25, -0.2) is 8.42 Å². The first-order valence-corrected chi connectivity index (χ1v) is 13.5. The van der Waals surface area contributed by atoms with Gasteiger partial charge in [-0.2, -0.15) is 0 Å². The molecule has 0 saturated carbocycles. The van der Waals surface area contributed by atoms with Crippen LogP contribution in [0.4, 0.5) is 5.69 Å². The van der Waals surface area contributed by atoms with Crippen molar-refractivity contribution < 1.29 is 17.9 Å². The Bertz CT molecular complexity index is 1390. The van der Waals surface area contributed by atoms with E-state index < -0.39 is 10.0 Å². The van der Waals surface area contributed by atoms with Crippen LogP contribution in [0.2, 0.25) is 0 Å². The number of sulfonamides is 1. The zero-order chi connectivity index (χ0) is 26.8. The van der Waals surface area contributed by atoms with Crippen LogP contribution in [0.5, 0.6) is 5.75 Å². The molecule has 3 aromatic rings. The summed E-state index contributed by atoms with van der Waals surface area (Å²) >= 11 is 0. The summed E-state index contributed by atoms with van der Waals surface area (Å²) in [5.41, 5.74) is 6.28. The van der Waals surface area contributed by atoms with Gasteiger partial charge in [0.2, 0.25) is 0 Å². The van der Waals surface area contributed by atoms with E-state index in [0.717, 1.165) is 33.6 Å². The van der Waals surface area contributed by atoms with Crippen LogP contribution in [-0.2, 0) is 10.0 Å². The highest BCUT2D eigenvalue weighted by Crippen LogP contribution is 2.32. The summed E-state index contributed by atoms with van der Waals surface area (Å²) in [5, 5.41) is 3.03. The van der Waals surface area contributed by atoms with Crippen LogP contribution in [0.15, 0.2) is 53.4 Å². The third kappa shape index (κ3) is 5.73. The minimum absolute atomic E-state index is 0.0754. The fourth-order valence-electron chi connectivity index (χ4n) is 4.26. The van der Waals surface area contributed by atoms with Crippen LogP contribution in [0, 0.1) is 27.7 Å². The van der Waals surface area contributed by atoms with E-state index in [-0.39, 0.29) is 28.3 Å². The maximum Gasteiger partial charge on any atom is 0.262 e. The van der Waals surface area contributed by atoms with Crippen molar-refractivity contribution in [3.05, 3.63) is 87.5 Å². The van der Waals surface area contributed by atoms with Gasteiger partial charge < -0.3 is 10.1 Å². The summed E-state index contributed by atoms with van der Waals surface area (Å²) in [4.78, 5) is 13.3. The number of hydrogen-bond donors (Lipinski definition) is 2. The number of nitrogens with one attached hydrogen (secondary N) is 2. The molecule has 0 aliphatic heterocycles. The first-order valence-electron chi connectivity index (χ1n) is 12.0. The minimum atomic E-state index is -3.89. The molecule has 0 bridgehead atoms. The second-order valence-corrected chi connectivity index (χ2v) is 11.3. The van der Waals surface area contributed by atoms with Crippen LogP contribution in [0.3, 0.4) is 0 Å². The molecule has 0 aromatic heterocycles. The van der Waals surface area contributed by atoms with E-state index in [2.05, 4.69) is 30.0 Å². The second kappa shape index (κ2) is 10.7. The summed E-state index contributed by atoms with van der Waals surface area (Å²) in [6.07, 6.45) is 0. The average molecular weight is 509 g/mol. The highest BCUT2D eigenvalue weighted by atomic mass is 32.2. The van der Waals surface area contributed by atoms with Crippen molar-refractivity contribution in [2.75, 3.05) is 11.8 Å². The number of rotatable bonds is 8. The van der Waals surface area contributed by atoms with Gasteiger partial charge in [0.05, 0.1) is 23.7 Å². The monoisotopic (exact) mass is 508 g/mol. The van der Waals surface area contributed by atoms with Gasteiger partial charge in [-0.05, 0) is 104 Å². The fraction of sp³-hybridized carbons (Fsp3) is 0.345. The number of carbonyl (C=O) groups is 1. The number of hydrogen-bond acceptors (Lipinski definition) is 4. The Labute approximate surface area is 215 Å². The van der Waals surface area contributed by atoms with E-state index in [1.165, 1.54) is 6.07 Å². The Morgan fingerprint density at radius 1 is 0.861 bits per heavy atom. The number of amides is 1. The van der Waals surface area contributed by atoms with Gasteiger partial charge in [0.1, 0.15) is 5.75 Å². The van der Waals surface area contributed by atoms with E-state index >= 15 is 0 Å². The molecule has 0 spiro atoms. The Kier molecular flexibility index (Phi) is 8.14. The predicted octanol–water partition coefficient (Wildman–Crippen LogP) is 6.34. The highest BCUT2D eigenvalue weighted by Gasteiger charge is 2.22. The average Bonchev–Trinajstić information content (AvgIpc) is 2.81. The third-order valence-corrected chi connectivity index (χ3v) is 8.15. The van der Waals surface area contributed by atoms with E-state index in [9.17, 15) is 13.2 Å². The van der Waals surface area contributed by atoms with Gasteiger partial charge in [-0.1, -0.05) is 32.0 Å². The molecule has 1 amide bonds. The number of ether oxygens (including phenoxy) is 1. The van der Waals surface area contributed by atoms with Crippen LogP contribution in [0.25, 0.3) is 0 Å². The number of carbonyl (C=O) groups excluding carboxylic acids is 1.